The van der Waals surface area contributed by atoms with Crippen LogP contribution in [0.25, 0.3) is 17.1 Å². The fourth-order valence-electron chi connectivity index (χ4n) is 3.36. The number of nitrogens with zero attached hydrogens (tertiary/aromatic N) is 5. The van der Waals surface area contributed by atoms with Crippen LogP contribution in [0, 0.1) is 0 Å². The normalized spacial score (nSPS) is 10.7. The number of pyridine rings is 1. The van der Waals surface area contributed by atoms with Crippen LogP contribution in [0.1, 0.15) is 11.8 Å². The molecule has 0 bridgehead atoms. The highest BCUT2D eigenvalue weighted by molar-refractivity contribution is 7.99. The number of hydrogen-bond donors (Lipinski definition) is 0. The van der Waals surface area contributed by atoms with Gasteiger partial charge in [-0.15, -0.1) is 28.1 Å². The number of amides is 1. The Kier molecular flexibility index (Phi) is 8.11. The first-order chi connectivity index (χ1) is 16.7. The zero-order valence-electron chi connectivity index (χ0n) is 18.8. The molecule has 1 amide bonds. The Morgan fingerprint density at radius 2 is 1.97 bits per heavy atom. The molecule has 0 fully saturated rings. The van der Waals surface area contributed by atoms with Crippen LogP contribution >= 0.6 is 23.1 Å². The highest BCUT2D eigenvalue weighted by Crippen LogP contribution is 2.29. The van der Waals surface area contributed by atoms with E-state index in [1.807, 2.05) is 65.4 Å². The molecule has 34 heavy (non-hydrogen) atoms. The van der Waals surface area contributed by atoms with Gasteiger partial charge in [-0.25, -0.2) is 0 Å². The molecule has 4 rings (SSSR count). The zero-order chi connectivity index (χ0) is 23.8. The molecule has 4 aromatic rings. The summed E-state index contributed by atoms with van der Waals surface area (Å²) in [6.07, 6.45) is 5.20. The van der Waals surface area contributed by atoms with E-state index in [4.69, 9.17) is 4.74 Å². The van der Waals surface area contributed by atoms with Gasteiger partial charge in [-0.1, -0.05) is 23.9 Å². The number of carbonyl (C=O) groups is 1. The minimum absolute atomic E-state index is 0.0185. The third-order valence-electron chi connectivity index (χ3n) is 4.93. The Labute approximate surface area is 207 Å². The summed E-state index contributed by atoms with van der Waals surface area (Å²) in [6, 6.07) is 15.6. The molecule has 7 nitrogen and oxygen atoms in total. The lowest BCUT2D eigenvalue weighted by atomic mass is 10.2. The summed E-state index contributed by atoms with van der Waals surface area (Å²) in [5, 5.41) is 11.5. The summed E-state index contributed by atoms with van der Waals surface area (Å²) >= 11 is 3.00. The van der Waals surface area contributed by atoms with Gasteiger partial charge < -0.3 is 9.64 Å². The molecule has 0 saturated heterocycles. The maximum absolute atomic E-state index is 13.1. The van der Waals surface area contributed by atoms with Gasteiger partial charge in [0.2, 0.25) is 5.91 Å². The standard InChI is InChI=1S/C25H25N5O2S2/c1-3-15-29(17-22-6-5-16-33-22)23(31)18-34-25-28-27-24(19-11-13-26-14-12-19)30(25)20-7-9-21(10-8-20)32-4-2/h3,5-14,16H,1,4,15,17-18H2,2H3. The summed E-state index contributed by atoms with van der Waals surface area (Å²) in [7, 11) is 0. The van der Waals surface area contributed by atoms with Gasteiger partial charge in [0.25, 0.3) is 0 Å². The second-order valence-corrected chi connectivity index (χ2v) is 9.21. The second kappa shape index (κ2) is 11.6. The lowest BCUT2D eigenvalue weighted by Crippen LogP contribution is -2.31. The van der Waals surface area contributed by atoms with Gasteiger partial charge in [0, 0.05) is 35.1 Å². The van der Waals surface area contributed by atoms with Gasteiger partial charge >= 0.3 is 0 Å². The fraction of sp³-hybridized carbons (Fsp3) is 0.200. The van der Waals surface area contributed by atoms with E-state index in [9.17, 15) is 4.79 Å². The van der Waals surface area contributed by atoms with E-state index in [1.54, 1.807) is 34.7 Å². The molecule has 0 N–H and O–H groups in total. The quantitative estimate of drug-likeness (QED) is 0.215. The summed E-state index contributed by atoms with van der Waals surface area (Å²) in [5.41, 5.74) is 1.78. The highest BCUT2D eigenvalue weighted by atomic mass is 32.2. The molecule has 3 aromatic heterocycles. The number of rotatable bonds is 11. The number of ether oxygens (including phenoxy) is 1. The second-order valence-electron chi connectivity index (χ2n) is 7.24. The first-order valence-electron chi connectivity index (χ1n) is 10.8. The molecule has 0 atom stereocenters. The third kappa shape index (κ3) is 5.73. The van der Waals surface area contributed by atoms with Gasteiger partial charge in [-0.3, -0.25) is 14.3 Å². The molecule has 0 aliphatic carbocycles. The molecule has 0 saturated carbocycles. The van der Waals surface area contributed by atoms with E-state index in [0.29, 0.717) is 30.7 Å². The van der Waals surface area contributed by atoms with Crippen LogP contribution in [-0.4, -0.2) is 49.5 Å². The Balaban J connectivity index is 1.59. The van der Waals surface area contributed by atoms with Gasteiger partial charge in [-0.2, -0.15) is 0 Å². The Morgan fingerprint density at radius 1 is 1.18 bits per heavy atom. The monoisotopic (exact) mass is 491 g/mol. The topological polar surface area (TPSA) is 73.1 Å². The fourth-order valence-corrected chi connectivity index (χ4v) is 4.93. The van der Waals surface area contributed by atoms with Crippen molar-refractivity contribution in [1.82, 2.24) is 24.6 Å². The average molecular weight is 492 g/mol. The molecule has 3 heterocycles. The van der Waals surface area contributed by atoms with Crippen molar-refractivity contribution in [1.29, 1.82) is 0 Å². The van der Waals surface area contributed by atoms with Crippen molar-refractivity contribution in [2.75, 3.05) is 18.9 Å². The number of thiophene rings is 1. The minimum atomic E-state index is 0.0185. The van der Waals surface area contributed by atoms with Crippen molar-refractivity contribution in [2.24, 2.45) is 0 Å². The molecule has 0 radical (unpaired) electrons. The Bertz CT molecular complexity index is 1210. The van der Waals surface area contributed by atoms with Crippen molar-refractivity contribution in [2.45, 2.75) is 18.6 Å². The molecular formula is C25H25N5O2S2. The van der Waals surface area contributed by atoms with E-state index in [-0.39, 0.29) is 11.7 Å². The predicted molar refractivity (Wildman–Crippen MR) is 136 cm³/mol. The number of hydrogen-bond acceptors (Lipinski definition) is 7. The summed E-state index contributed by atoms with van der Waals surface area (Å²) in [6.45, 7) is 7.41. The van der Waals surface area contributed by atoms with E-state index in [0.717, 1.165) is 21.9 Å². The lowest BCUT2D eigenvalue weighted by Gasteiger charge is -2.20. The molecule has 9 heteroatoms. The van der Waals surface area contributed by atoms with Crippen molar-refractivity contribution in [3.63, 3.8) is 0 Å². The van der Waals surface area contributed by atoms with Crippen molar-refractivity contribution >= 4 is 29.0 Å². The largest absolute Gasteiger partial charge is 0.494 e. The summed E-state index contributed by atoms with van der Waals surface area (Å²) in [5.74, 6) is 1.74. The third-order valence-corrected chi connectivity index (χ3v) is 6.71. The van der Waals surface area contributed by atoms with Crippen LogP contribution in [0.4, 0.5) is 0 Å². The maximum atomic E-state index is 13.1. The number of carbonyl (C=O) groups excluding carboxylic acids is 1. The summed E-state index contributed by atoms with van der Waals surface area (Å²) < 4.78 is 7.54. The molecule has 0 spiro atoms. The molecule has 1 aromatic carbocycles. The van der Waals surface area contributed by atoms with Crippen LogP contribution in [0.2, 0.25) is 0 Å². The SMILES string of the molecule is C=CCN(Cc1cccs1)C(=O)CSc1nnc(-c2ccncc2)n1-c1ccc(OCC)cc1. The van der Waals surface area contributed by atoms with Crippen LogP contribution in [0.15, 0.2) is 84.1 Å². The first kappa shape index (κ1) is 23.7. The number of aromatic nitrogens is 4. The van der Waals surface area contributed by atoms with Crippen LogP contribution in [0.5, 0.6) is 5.75 Å². The van der Waals surface area contributed by atoms with Gasteiger partial charge in [0.1, 0.15) is 5.75 Å². The van der Waals surface area contributed by atoms with Crippen molar-refractivity contribution < 1.29 is 9.53 Å². The van der Waals surface area contributed by atoms with Gasteiger partial charge in [0.05, 0.1) is 18.9 Å². The van der Waals surface area contributed by atoms with Crippen molar-refractivity contribution in [3.8, 4) is 22.8 Å². The molecule has 0 aliphatic rings. The predicted octanol–water partition coefficient (Wildman–Crippen LogP) is 5.10. The van der Waals surface area contributed by atoms with Gasteiger partial charge in [0.15, 0.2) is 11.0 Å². The van der Waals surface area contributed by atoms with Crippen LogP contribution < -0.4 is 4.74 Å². The van der Waals surface area contributed by atoms with E-state index in [2.05, 4.69) is 21.8 Å². The first-order valence-corrected chi connectivity index (χ1v) is 12.7. The van der Waals surface area contributed by atoms with E-state index < -0.39 is 0 Å². The smallest absolute Gasteiger partial charge is 0.233 e. The molecular weight excluding hydrogens is 466 g/mol. The molecule has 174 valence electrons. The van der Waals surface area contributed by atoms with Crippen molar-refractivity contribution in [3.05, 3.63) is 83.8 Å². The average Bonchev–Trinajstić information content (AvgIpc) is 3.53. The van der Waals surface area contributed by atoms with E-state index in [1.165, 1.54) is 11.8 Å². The minimum Gasteiger partial charge on any atom is -0.494 e. The number of benzene rings is 1. The highest BCUT2D eigenvalue weighted by Gasteiger charge is 2.20. The summed E-state index contributed by atoms with van der Waals surface area (Å²) in [4.78, 5) is 20.1. The molecule has 0 unspecified atom stereocenters. The molecule has 0 aliphatic heterocycles. The lowest BCUT2D eigenvalue weighted by molar-refractivity contribution is -0.128. The van der Waals surface area contributed by atoms with E-state index >= 15 is 0 Å². The maximum Gasteiger partial charge on any atom is 0.233 e. The zero-order valence-corrected chi connectivity index (χ0v) is 20.5. The van der Waals surface area contributed by atoms with Gasteiger partial charge in [-0.05, 0) is 54.8 Å². The Morgan fingerprint density at radius 3 is 2.65 bits per heavy atom. The number of thioether (sulfide) groups is 1. The van der Waals surface area contributed by atoms with Crippen LogP contribution in [0.3, 0.4) is 0 Å². The Hall–Kier alpha value is -3.43. The van der Waals surface area contributed by atoms with Crippen LogP contribution in [-0.2, 0) is 11.3 Å².